The van der Waals surface area contributed by atoms with Crippen LogP contribution in [0.25, 0.3) is 0 Å². The second-order valence-corrected chi connectivity index (χ2v) is 3.56. The molecule has 1 aliphatic rings. The molecule has 0 aromatic heterocycles. The Kier molecular flexibility index (Phi) is 2.34. The van der Waals surface area contributed by atoms with E-state index in [1.54, 1.807) is 0 Å². The molecule has 3 atom stereocenters. The summed E-state index contributed by atoms with van der Waals surface area (Å²) >= 11 is 0. The van der Waals surface area contributed by atoms with Crippen LogP contribution < -0.4 is 5.32 Å². The van der Waals surface area contributed by atoms with Crippen molar-refractivity contribution in [1.29, 1.82) is 0 Å². The molecule has 70 valence electrons. The molecule has 13 heavy (non-hydrogen) atoms. The molecule has 1 aromatic rings. The molecule has 2 heteroatoms. The Morgan fingerprint density at radius 1 is 1.15 bits per heavy atom. The van der Waals surface area contributed by atoms with Crippen molar-refractivity contribution < 1.29 is 4.74 Å². The van der Waals surface area contributed by atoms with Crippen LogP contribution in [0.15, 0.2) is 30.3 Å². The minimum absolute atomic E-state index is 0.167. The summed E-state index contributed by atoms with van der Waals surface area (Å²) in [7, 11) is 0. The minimum atomic E-state index is 0.167. The van der Waals surface area contributed by atoms with E-state index in [0.717, 1.165) is 0 Å². The molecule has 1 saturated heterocycles. The van der Waals surface area contributed by atoms with Crippen LogP contribution in [0.4, 0.5) is 0 Å². The van der Waals surface area contributed by atoms with Crippen molar-refractivity contribution in [3.05, 3.63) is 35.9 Å². The molecule has 1 heterocycles. The molecule has 1 aliphatic heterocycles. The zero-order chi connectivity index (χ0) is 9.26. The SMILES string of the molecule is C[C@@H]1N[C@@H](C)[C@@H](c2ccccc2)O1. The van der Waals surface area contributed by atoms with Crippen LogP contribution in [0, 0.1) is 0 Å². The van der Waals surface area contributed by atoms with Crippen LogP contribution in [-0.4, -0.2) is 12.3 Å². The highest BCUT2D eigenvalue weighted by Gasteiger charge is 2.29. The summed E-state index contributed by atoms with van der Waals surface area (Å²) in [5.41, 5.74) is 1.26. The van der Waals surface area contributed by atoms with E-state index in [2.05, 4.69) is 36.5 Å². The molecule has 0 radical (unpaired) electrons. The van der Waals surface area contributed by atoms with Crippen molar-refractivity contribution in [3.8, 4) is 0 Å². The molecule has 0 amide bonds. The van der Waals surface area contributed by atoms with E-state index in [9.17, 15) is 0 Å². The number of hydrogen-bond acceptors (Lipinski definition) is 2. The summed E-state index contributed by atoms with van der Waals surface area (Å²) in [6.45, 7) is 4.20. The van der Waals surface area contributed by atoms with E-state index >= 15 is 0 Å². The van der Waals surface area contributed by atoms with Gasteiger partial charge in [0.15, 0.2) is 0 Å². The molecule has 2 nitrogen and oxygen atoms in total. The number of hydrogen-bond donors (Lipinski definition) is 1. The van der Waals surface area contributed by atoms with Gasteiger partial charge in [-0.2, -0.15) is 0 Å². The van der Waals surface area contributed by atoms with E-state index < -0.39 is 0 Å². The quantitative estimate of drug-likeness (QED) is 0.709. The van der Waals surface area contributed by atoms with Gasteiger partial charge in [0.2, 0.25) is 0 Å². The van der Waals surface area contributed by atoms with Gasteiger partial charge in [0.05, 0.1) is 6.10 Å². The summed E-state index contributed by atoms with van der Waals surface area (Å²) in [6.07, 6.45) is 0.372. The molecular weight excluding hydrogens is 162 g/mol. The first kappa shape index (κ1) is 8.73. The fraction of sp³-hybridized carbons (Fsp3) is 0.455. The van der Waals surface area contributed by atoms with E-state index in [4.69, 9.17) is 4.74 Å². The Morgan fingerprint density at radius 3 is 2.38 bits per heavy atom. The first-order valence-corrected chi connectivity index (χ1v) is 4.74. The molecule has 1 N–H and O–H groups in total. The number of benzene rings is 1. The summed E-state index contributed by atoms with van der Waals surface area (Å²) in [4.78, 5) is 0. The first-order chi connectivity index (χ1) is 6.27. The lowest BCUT2D eigenvalue weighted by Crippen LogP contribution is -2.26. The molecule has 1 aromatic carbocycles. The van der Waals surface area contributed by atoms with Crippen molar-refractivity contribution in [2.45, 2.75) is 32.2 Å². The summed E-state index contributed by atoms with van der Waals surface area (Å²) in [6, 6.07) is 10.8. The summed E-state index contributed by atoms with van der Waals surface area (Å²) < 4.78 is 5.75. The fourth-order valence-electron chi connectivity index (χ4n) is 1.84. The third-order valence-corrected chi connectivity index (χ3v) is 2.43. The van der Waals surface area contributed by atoms with Crippen LogP contribution >= 0.6 is 0 Å². The van der Waals surface area contributed by atoms with Crippen molar-refractivity contribution in [1.82, 2.24) is 5.32 Å². The van der Waals surface area contributed by atoms with Crippen LogP contribution in [0.3, 0.4) is 0 Å². The lowest BCUT2D eigenvalue weighted by atomic mass is 10.0. The highest BCUT2D eigenvalue weighted by Crippen LogP contribution is 2.27. The third kappa shape index (κ3) is 1.74. The predicted molar refractivity (Wildman–Crippen MR) is 52.3 cm³/mol. The van der Waals surface area contributed by atoms with E-state index in [0.29, 0.717) is 6.04 Å². The van der Waals surface area contributed by atoms with Gasteiger partial charge >= 0.3 is 0 Å². The van der Waals surface area contributed by atoms with Crippen LogP contribution in [0.1, 0.15) is 25.5 Å². The van der Waals surface area contributed by atoms with E-state index in [1.807, 2.05) is 13.0 Å². The fourth-order valence-corrected chi connectivity index (χ4v) is 1.84. The standard InChI is InChI=1S/C11H15NO/c1-8-11(13-9(2)12-8)10-6-4-3-5-7-10/h3-9,11-12H,1-2H3/t8-,9+,11-/m0/s1. The Labute approximate surface area is 78.9 Å². The Morgan fingerprint density at radius 2 is 1.85 bits per heavy atom. The zero-order valence-electron chi connectivity index (χ0n) is 8.03. The number of ether oxygens (including phenoxy) is 1. The molecule has 0 unspecified atom stereocenters. The first-order valence-electron chi connectivity index (χ1n) is 4.74. The second kappa shape index (κ2) is 3.48. The molecule has 0 saturated carbocycles. The van der Waals surface area contributed by atoms with Crippen molar-refractivity contribution in [2.75, 3.05) is 0 Å². The molecule has 2 rings (SSSR count). The van der Waals surface area contributed by atoms with Gasteiger partial charge in [-0.05, 0) is 19.4 Å². The van der Waals surface area contributed by atoms with Gasteiger partial charge in [-0.25, -0.2) is 0 Å². The summed E-state index contributed by atoms with van der Waals surface area (Å²) in [5.74, 6) is 0. The minimum Gasteiger partial charge on any atom is -0.354 e. The smallest absolute Gasteiger partial charge is 0.106 e. The maximum absolute atomic E-state index is 5.75. The second-order valence-electron chi connectivity index (χ2n) is 3.56. The van der Waals surface area contributed by atoms with Crippen LogP contribution in [0.2, 0.25) is 0 Å². The van der Waals surface area contributed by atoms with Gasteiger partial charge in [0.25, 0.3) is 0 Å². The monoisotopic (exact) mass is 177 g/mol. The Balaban J connectivity index is 2.18. The maximum Gasteiger partial charge on any atom is 0.106 e. The van der Waals surface area contributed by atoms with Crippen LogP contribution in [-0.2, 0) is 4.74 Å². The lowest BCUT2D eigenvalue weighted by Gasteiger charge is -2.13. The van der Waals surface area contributed by atoms with Gasteiger partial charge in [-0.15, -0.1) is 0 Å². The molecule has 0 bridgehead atoms. The van der Waals surface area contributed by atoms with Crippen molar-refractivity contribution in [2.24, 2.45) is 0 Å². The summed E-state index contributed by atoms with van der Waals surface area (Å²) in [5, 5.41) is 3.34. The highest BCUT2D eigenvalue weighted by molar-refractivity contribution is 5.19. The maximum atomic E-state index is 5.75. The molecule has 1 fully saturated rings. The normalized spacial score (nSPS) is 33.5. The molecule has 0 spiro atoms. The van der Waals surface area contributed by atoms with Gasteiger partial charge in [-0.1, -0.05) is 30.3 Å². The Hall–Kier alpha value is -0.860. The average Bonchev–Trinajstić information content (AvgIpc) is 2.47. The van der Waals surface area contributed by atoms with Crippen LogP contribution in [0.5, 0.6) is 0 Å². The van der Waals surface area contributed by atoms with Crippen molar-refractivity contribution >= 4 is 0 Å². The zero-order valence-corrected chi connectivity index (χ0v) is 8.03. The van der Waals surface area contributed by atoms with E-state index in [-0.39, 0.29) is 12.3 Å². The largest absolute Gasteiger partial charge is 0.354 e. The number of nitrogens with one attached hydrogen (secondary N) is 1. The van der Waals surface area contributed by atoms with Gasteiger partial charge < -0.3 is 4.74 Å². The third-order valence-electron chi connectivity index (χ3n) is 2.43. The van der Waals surface area contributed by atoms with Gasteiger partial charge in [0.1, 0.15) is 6.23 Å². The average molecular weight is 177 g/mol. The molecular formula is C11H15NO. The predicted octanol–water partition coefficient (Wildman–Crippen LogP) is 2.08. The van der Waals surface area contributed by atoms with E-state index in [1.165, 1.54) is 5.56 Å². The molecule has 0 aliphatic carbocycles. The van der Waals surface area contributed by atoms with Gasteiger partial charge in [0, 0.05) is 6.04 Å². The highest BCUT2D eigenvalue weighted by atomic mass is 16.5. The topological polar surface area (TPSA) is 21.3 Å². The van der Waals surface area contributed by atoms with Crippen molar-refractivity contribution in [3.63, 3.8) is 0 Å². The lowest BCUT2D eigenvalue weighted by molar-refractivity contribution is 0.0482. The Bertz CT molecular complexity index is 273. The van der Waals surface area contributed by atoms with Gasteiger partial charge in [-0.3, -0.25) is 5.32 Å². The number of rotatable bonds is 1.